The Hall–Kier alpha value is -0.870. The van der Waals surface area contributed by atoms with Gasteiger partial charge in [-0.05, 0) is 13.8 Å². The molecule has 0 aromatic carbocycles. The normalized spacial score (nSPS) is 10.3. The smallest absolute Gasteiger partial charge is 0.171 e. The number of halogens is 1. The predicted molar refractivity (Wildman–Crippen MR) is 61.4 cm³/mol. The molecule has 0 radical (unpaired) electrons. The van der Waals surface area contributed by atoms with Crippen molar-refractivity contribution in [2.24, 2.45) is 0 Å². The molecule has 1 rings (SSSR count). The van der Waals surface area contributed by atoms with Crippen molar-refractivity contribution in [3.63, 3.8) is 0 Å². The van der Waals surface area contributed by atoms with E-state index in [1.54, 1.807) is 12.4 Å². The third kappa shape index (κ3) is 3.64. The summed E-state index contributed by atoms with van der Waals surface area (Å²) in [5, 5.41) is 0.441. The van der Waals surface area contributed by atoms with Gasteiger partial charge in [-0.3, -0.25) is 0 Å². The summed E-state index contributed by atoms with van der Waals surface area (Å²) in [5.41, 5.74) is 0. The van der Waals surface area contributed by atoms with Gasteiger partial charge in [0, 0.05) is 32.1 Å². The van der Waals surface area contributed by atoms with Gasteiger partial charge in [-0.25, -0.2) is 9.97 Å². The van der Waals surface area contributed by atoms with Crippen LogP contribution in [0, 0.1) is 0 Å². The molecule has 1 heterocycles. The Bertz CT molecular complexity index is 296. The number of rotatable bonds is 6. The summed E-state index contributed by atoms with van der Waals surface area (Å²) < 4.78 is 5.29. The van der Waals surface area contributed by atoms with Crippen LogP contribution in [0.3, 0.4) is 0 Å². The number of anilines is 1. The molecule has 0 bridgehead atoms. The van der Waals surface area contributed by atoms with Crippen molar-refractivity contribution in [1.29, 1.82) is 0 Å². The fourth-order valence-corrected chi connectivity index (χ4v) is 1.48. The molecule has 0 amide bonds. The zero-order valence-corrected chi connectivity index (χ0v) is 9.87. The van der Waals surface area contributed by atoms with Crippen LogP contribution >= 0.6 is 11.6 Å². The number of hydrogen-bond donors (Lipinski definition) is 0. The summed E-state index contributed by atoms with van der Waals surface area (Å²) >= 11 is 5.95. The minimum atomic E-state index is 0.441. The zero-order chi connectivity index (χ0) is 11.1. The molecule has 0 saturated carbocycles. The fourth-order valence-electron chi connectivity index (χ4n) is 1.26. The van der Waals surface area contributed by atoms with E-state index >= 15 is 0 Å². The lowest BCUT2D eigenvalue weighted by Gasteiger charge is -2.21. The van der Waals surface area contributed by atoms with Crippen LogP contribution in [-0.4, -0.2) is 36.3 Å². The van der Waals surface area contributed by atoms with E-state index in [0.717, 1.165) is 25.5 Å². The molecule has 0 aliphatic carbocycles. The summed E-state index contributed by atoms with van der Waals surface area (Å²) in [4.78, 5) is 10.2. The number of nitrogens with zero attached hydrogens (tertiary/aromatic N) is 3. The molecule has 0 aliphatic rings. The van der Waals surface area contributed by atoms with Crippen LogP contribution in [0.5, 0.6) is 0 Å². The second kappa shape index (κ2) is 6.58. The molecule has 0 spiro atoms. The number of likely N-dealkylation sites (N-methyl/N-ethyl adjacent to an activating group) is 1. The molecule has 0 atom stereocenters. The summed E-state index contributed by atoms with van der Waals surface area (Å²) in [5.74, 6) is 0.723. The first-order valence-corrected chi connectivity index (χ1v) is 5.46. The minimum Gasteiger partial charge on any atom is -0.380 e. The Labute approximate surface area is 95.2 Å². The number of aromatic nitrogens is 2. The second-order valence-corrected chi connectivity index (χ2v) is 3.31. The van der Waals surface area contributed by atoms with Gasteiger partial charge >= 0.3 is 0 Å². The van der Waals surface area contributed by atoms with E-state index in [9.17, 15) is 0 Å². The largest absolute Gasteiger partial charge is 0.380 e. The highest BCUT2D eigenvalue weighted by Gasteiger charge is 2.09. The molecule has 0 N–H and O–H groups in total. The van der Waals surface area contributed by atoms with Gasteiger partial charge in [0.15, 0.2) is 11.0 Å². The molecule has 84 valence electrons. The molecular formula is C10H16ClN3O. The van der Waals surface area contributed by atoms with E-state index in [1.807, 2.05) is 11.8 Å². The third-order valence-corrected chi connectivity index (χ3v) is 2.29. The molecule has 4 nitrogen and oxygen atoms in total. The lowest BCUT2D eigenvalue weighted by molar-refractivity contribution is 0.154. The maximum absolute atomic E-state index is 5.95. The summed E-state index contributed by atoms with van der Waals surface area (Å²) in [6.45, 7) is 7.06. The van der Waals surface area contributed by atoms with Crippen LogP contribution in [0.2, 0.25) is 5.15 Å². The monoisotopic (exact) mass is 229 g/mol. The van der Waals surface area contributed by atoms with Gasteiger partial charge in [-0.2, -0.15) is 0 Å². The first kappa shape index (κ1) is 12.2. The number of ether oxygens (including phenoxy) is 1. The zero-order valence-electron chi connectivity index (χ0n) is 9.11. The van der Waals surface area contributed by atoms with Crippen molar-refractivity contribution in [3.8, 4) is 0 Å². The Morgan fingerprint density at radius 3 is 2.67 bits per heavy atom. The molecule has 0 saturated heterocycles. The van der Waals surface area contributed by atoms with Gasteiger partial charge in [0.2, 0.25) is 0 Å². The van der Waals surface area contributed by atoms with E-state index in [0.29, 0.717) is 11.8 Å². The van der Waals surface area contributed by atoms with Gasteiger partial charge in [-0.15, -0.1) is 0 Å². The van der Waals surface area contributed by atoms with Crippen LogP contribution in [0.4, 0.5) is 5.82 Å². The predicted octanol–water partition coefficient (Wildman–Crippen LogP) is 1.99. The van der Waals surface area contributed by atoms with Crippen LogP contribution in [-0.2, 0) is 4.74 Å². The van der Waals surface area contributed by atoms with Gasteiger partial charge in [0.1, 0.15) is 0 Å². The van der Waals surface area contributed by atoms with Crippen molar-refractivity contribution in [1.82, 2.24) is 9.97 Å². The van der Waals surface area contributed by atoms with Crippen LogP contribution in [0.25, 0.3) is 0 Å². The van der Waals surface area contributed by atoms with Crippen molar-refractivity contribution in [3.05, 3.63) is 17.5 Å². The lowest BCUT2D eigenvalue weighted by atomic mass is 10.4. The highest BCUT2D eigenvalue weighted by Crippen LogP contribution is 2.18. The fraction of sp³-hybridized carbons (Fsp3) is 0.600. The third-order valence-electron chi connectivity index (χ3n) is 2.03. The molecular weight excluding hydrogens is 214 g/mol. The highest BCUT2D eigenvalue weighted by atomic mass is 35.5. The Balaban J connectivity index is 2.61. The first-order chi connectivity index (χ1) is 7.29. The van der Waals surface area contributed by atoms with Crippen molar-refractivity contribution < 1.29 is 4.74 Å². The van der Waals surface area contributed by atoms with E-state index in [-0.39, 0.29) is 0 Å². The average molecular weight is 230 g/mol. The highest BCUT2D eigenvalue weighted by molar-refractivity contribution is 6.31. The van der Waals surface area contributed by atoms with Crippen LogP contribution in [0.1, 0.15) is 13.8 Å². The van der Waals surface area contributed by atoms with Gasteiger partial charge < -0.3 is 9.64 Å². The van der Waals surface area contributed by atoms with E-state index in [4.69, 9.17) is 16.3 Å². The topological polar surface area (TPSA) is 38.2 Å². The quantitative estimate of drug-likeness (QED) is 0.700. The lowest BCUT2D eigenvalue weighted by Crippen LogP contribution is -2.28. The molecule has 15 heavy (non-hydrogen) atoms. The van der Waals surface area contributed by atoms with Crippen molar-refractivity contribution in [2.75, 3.05) is 31.2 Å². The summed E-state index contributed by atoms with van der Waals surface area (Å²) in [7, 11) is 0. The summed E-state index contributed by atoms with van der Waals surface area (Å²) in [6, 6.07) is 0. The minimum absolute atomic E-state index is 0.441. The van der Waals surface area contributed by atoms with Crippen molar-refractivity contribution in [2.45, 2.75) is 13.8 Å². The van der Waals surface area contributed by atoms with Crippen LogP contribution in [0.15, 0.2) is 12.4 Å². The van der Waals surface area contributed by atoms with Crippen molar-refractivity contribution >= 4 is 17.4 Å². The van der Waals surface area contributed by atoms with Gasteiger partial charge in [0.05, 0.1) is 6.61 Å². The van der Waals surface area contributed by atoms with E-state index in [1.165, 1.54) is 0 Å². The summed E-state index contributed by atoms with van der Waals surface area (Å²) in [6.07, 6.45) is 3.23. The molecule has 1 aromatic rings. The van der Waals surface area contributed by atoms with E-state index < -0.39 is 0 Å². The molecule has 5 heteroatoms. The molecule has 0 aliphatic heterocycles. The van der Waals surface area contributed by atoms with Crippen LogP contribution < -0.4 is 4.90 Å². The molecule has 1 aromatic heterocycles. The molecule has 0 unspecified atom stereocenters. The standard InChI is InChI=1S/C10H16ClN3O/c1-3-14(7-8-15-4-2)10-9(11)12-5-6-13-10/h5-6H,3-4,7-8H2,1-2H3. The maximum atomic E-state index is 5.95. The number of hydrogen-bond acceptors (Lipinski definition) is 4. The second-order valence-electron chi connectivity index (χ2n) is 2.95. The van der Waals surface area contributed by atoms with Gasteiger partial charge in [0.25, 0.3) is 0 Å². The van der Waals surface area contributed by atoms with Gasteiger partial charge in [-0.1, -0.05) is 11.6 Å². The average Bonchev–Trinajstić information content (AvgIpc) is 2.26. The maximum Gasteiger partial charge on any atom is 0.171 e. The Morgan fingerprint density at radius 1 is 1.33 bits per heavy atom. The Kier molecular flexibility index (Phi) is 5.36. The first-order valence-electron chi connectivity index (χ1n) is 5.08. The molecule has 0 fully saturated rings. The van der Waals surface area contributed by atoms with E-state index in [2.05, 4.69) is 16.9 Å². The SMILES string of the molecule is CCOCCN(CC)c1nccnc1Cl. The Morgan fingerprint density at radius 2 is 2.07 bits per heavy atom.